The van der Waals surface area contributed by atoms with Crippen molar-refractivity contribution in [3.63, 3.8) is 0 Å². The molecule has 5 amide bonds. The van der Waals surface area contributed by atoms with Crippen LogP contribution in [0.2, 0.25) is 0 Å². The van der Waals surface area contributed by atoms with Crippen molar-refractivity contribution in [2.24, 2.45) is 5.73 Å². The van der Waals surface area contributed by atoms with Crippen LogP contribution in [0.5, 0.6) is 0 Å². The molecule has 0 heterocycles. The molecule has 0 saturated carbocycles. The maximum Gasteiger partial charge on any atom is 0.327 e. The van der Waals surface area contributed by atoms with Crippen LogP contribution in [0, 0.1) is 0 Å². The third kappa shape index (κ3) is 14.8. The second-order valence-electron chi connectivity index (χ2n) is 10.1. The van der Waals surface area contributed by atoms with Crippen LogP contribution in [0.25, 0.3) is 0 Å². The molecule has 0 aliphatic carbocycles. The molecule has 18 heteroatoms. The largest absolute Gasteiger partial charge is 0.481 e. The Labute approximate surface area is 269 Å². The van der Waals surface area contributed by atoms with E-state index in [4.69, 9.17) is 15.9 Å². The van der Waals surface area contributed by atoms with Crippen molar-refractivity contribution in [1.82, 2.24) is 26.6 Å². The average Bonchev–Trinajstić information content (AvgIpc) is 2.99. The van der Waals surface area contributed by atoms with Crippen molar-refractivity contribution in [2.75, 3.05) is 12.3 Å². The predicted octanol–water partition coefficient (Wildman–Crippen LogP) is -2.23. The van der Waals surface area contributed by atoms with Crippen LogP contribution in [-0.4, -0.2) is 105 Å². The van der Waals surface area contributed by atoms with Crippen molar-refractivity contribution in [2.45, 2.75) is 75.7 Å². The molecule has 0 aromatic heterocycles. The minimum atomic E-state index is -1.69. The number of hydrogen-bond acceptors (Lipinski definition) is 10. The number of aliphatic carboxylic acids is 3. The first-order chi connectivity index (χ1) is 21.7. The average molecular weight is 669 g/mol. The van der Waals surface area contributed by atoms with Crippen LogP contribution in [0.15, 0.2) is 30.3 Å². The molecular formula is C28H40N6O11S. The van der Waals surface area contributed by atoms with E-state index in [0.717, 1.165) is 5.56 Å². The van der Waals surface area contributed by atoms with Crippen LogP contribution in [0.1, 0.15) is 44.6 Å². The van der Waals surface area contributed by atoms with Gasteiger partial charge in [0.25, 0.3) is 0 Å². The molecule has 46 heavy (non-hydrogen) atoms. The zero-order valence-corrected chi connectivity index (χ0v) is 26.0. The van der Waals surface area contributed by atoms with E-state index in [1.807, 2.05) is 5.32 Å². The minimum absolute atomic E-state index is 0.0964. The zero-order chi connectivity index (χ0) is 34.8. The molecule has 0 radical (unpaired) electrons. The van der Waals surface area contributed by atoms with Gasteiger partial charge in [0.05, 0.1) is 6.42 Å². The Hall–Kier alpha value is -4.71. The Morgan fingerprint density at radius 2 is 1.30 bits per heavy atom. The lowest BCUT2D eigenvalue weighted by molar-refractivity contribution is -0.143. The van der Waals surface area contributed by atoms with E-state index in [-0.39, 0.29) is 30.9 Å². The van der Waals surface area contributed by atoms with Crippen molar-refractivity contribution >= 4 is 60.1 Å². The second-order valence-corrected chi connectivity index (χ2v) is 10.5. The van der Waals surface area contributed by atoms with Gasteiger partial charge in [-0.15, -0.1) is 0 Å². The molecule has 0 fully saturated rings. The second kappa shape index (κ2) is 20.3. The summed E-state index contributed by atoms with van der Waals surface area (Å²) in [6.45, 7) is 1.29. The van der Waals surface area contributed by atoms with Gasteiger partial charge in [-0.1, -0.05) is 37.3 Å². The van der Waals surface area contributed by atoms with Crippen LogP contribution in [0.3, 0.4) is 0 Å². The third-order valence-electron chi connectivity index (χ3n) is 6.35. The van der Waals surface area contributed by atoms with Crippen molar-refractivity contribution in [1.29, 1.82) is 0 Å². The van der Waals surface area contributed by atoms with Crippen molar-refractivity contribution in [3.8, 4) is 0 Å². The Kier molecular flexibility index (Phi) is 17.4. The molecule has 0 aliphatic heterocycles. The number of benzene rings is 1. The Morgan fingerprint density at radius 3 is 1.85 bits per heavy atom. The minimum Gasteiger partial charge on any atom is -0.481 e. The summed E-state index contributed by atoms with van der Waals surface area (Å²) in [5.41, 5.74) is 6.48. The maximum atomic E-state index is 13.0. The van der Waals surface area contributed by atoms with Gasteiger partial charge in [0.15, 0.2) is 0 Å². The Bertz CT molecular complexity index is 1250. The number of carboxylic acid groups (broad SMARTS) is 3. The molecule has 0 aliphatic rings. The van der Waals surface area contributed by atoms with Gasteiger partial charge in [-0.3, -0.25) is 28.8 Å². The number of amides is 5. The normalized spacial score (nSPS) is 13.9. The Balaban J connectivity index is 2.75. The lowest BCUT2D eigenvalue weighted by Gasteiger charge is -2.22. The van der Waals surface area contributed by atoms with E-state index in [1.54, 1.807) is 37.3 Å². The van der Waals surface area contributed by atoms with Crippen LogP contribution in [0.4, 0.5) is 0 Å². The summed E-state index contributed by atoms with van der Waals surface area (Å²) in [5.74, 6) is -8.67. The standard InChI is InChI=1S/C28H40N6O11S/c1-2-6-22(36)31-18(11-15-7-4-3-5-8-15)25(40)32-17(27(42)43)9-10-21(35)30-13-16(29)24(39)33-19(12-23(37)38)26(41)34-20(14-46)28(44)45/h3-5,7-8,16-20,46H,2,6,9-14,29H2,1H3,(H,30,35)(H,31,36)(H,32,40)(H,33,39)(H,34,41)(H,37,38)(H,42,43)(H,44,45)/t16-,17-,18-,19-,20-/m0/s1. The maximum absolute atomic E-state index is 13.0. The topological polar surface area (TPSA) is 283 Å². The summed E-state index contributed by atoms with van der Waals surface area (Å²) in [5, 5.41) is 39.2. The fraction of sp³-hybridized carbons (Fsp3) is 0.500. The molecule has 10 N–H and O–H groups in total. The monoisotopic (exact) mass is 668 g/mol. The van der Waals surface area contributed by atoms with E-state index in [0.29, 0.717) is 6.42 Å². The number of carboxylic acids is 3. The van der Waals surface area contributed by atoms with Gasteiger partial charge in [0.2, 0.25) is 29.5 Å². The van der Waals surface area contributed by atoms with E-state index in [1.165, 1.54) is 0 Å². The van der Waals surface area contributed by atoms with E-state index < -0.39 is 91.1 Å². The molecule has 1 aromatic rings. The van der Waals surface area contributed by atoms with Crippen LogP contribution in [-0.2, 0) is 44.8 Å². The Morgan fingerprint density at radius 1 is 0.739 bits per heavy atom. The van der Waals surface area contributed by atoms with Gasteiger partial charge in [-0.25, -0.2) is 9.59 Å². The molecule has 5 atom stereocenters. The van der Waals surface area contributed by atoms with Gasteiger partial charge < -0.3 is 47.6 Å². The fourth-order valence-corrected chi connectivity index (χ4v) is 4.13. The van der Waals surface area contributed by atoms with E-state index in [9.17, 15) is 43.5 Å². The summed E-state index contributed by atoms with van der Waals surface area (Å²) in [6, 6.07) is 1.57. The summed E-state index contributed by atoms with van der Waals surface area (Å²) >= 11 is 3.79. The number of thiol groups is 1. The van der Waals surface area contributed by atoms with Gasteiger partial charge in [0.1, 0.15) is 30.2 Å². The highest BCUT2D eigenvalue weighted by molar-refractivity contribution is 7.80. The summed E-state index contributed by atoms with van der Waals surface area (Å²) in [6.07, 6.45) is -0.874. The lowest BCUT2D eigenvalue weighted by atomic mass is 10.0. The molecule has 0 bridgehead atoms. The number of hydrogen-bond donors (Lipinski definition) is 10. The van der Waals surface area contributed by atoms with Crippen molar-refractivity contribution < 1.29 is 53.7 Å². The third-order valence-corrected chi connectivity index (χ3v) is 6.72. The van der Waals surface area contributed by atoms with Gasteiger partial charge in [-0.05, 0) is 18.4 Å². The van der Waals surface area contributed by atoms with Gasteiger partial charge in [-0.2, -0.15) is 12.6 Å². The zero-order valence-electron chi connectivity index (χ0n) is 25.1. The predicted molar refractivity (Wildman–Crippen MR) is 164 cm³/mol. The molecule has 1 aromatic carbocycles. The molecular weight excluding hydrogens is 628 g/mol. The first kappa shape index (κ1) is 39.3. The molecule has 1 rings (SSSR count). The smallest absolute Gasteiger partial charge is 0.327 e. The number of carbonyl (C=O) groups excluding carboxylic acids is 5. The number of rotatable bonds is 21. The molecule has 17 nitrogen and oxygen atoms in total. The highest BCUT2D eigenvalue weighted by atomic mass is 32.1. The van der Waals surface area contributed by atoms with Crippen molar-refractivity contribution in [3.05, 3.63) is 35.9 Å². The lowest BCUT2D eigenvalue weighted by Crippen LogP contribution is -2.57. The van der Waals surface area contributed by atoms with Gasteiger partial charge >= 0.3 is 17.9 Å². The van der Waals surface area contributed by atoms with E-state index >= 15 is 0 Å². The molecule has 0 unspecified atom stereocenters. The SMILES string of the molecule is CCCC(=O)N[C@@H](Cc1ccccc1)C(=O)N[C@@H](CCC(=O)NC[C@H](N)C(=O)N[C@@H](CC(=O)O)C(=O)N[C@@H](CS)C(=O)O)C(=O)O. The first-order valence-electron chi connectivity index (χ1n) is 14.2. The van der Waals surface area contributed by atoms with Crippen LogP contribution >= 0.6 is 12.6 Å². The first-order valence-corrected chi connectivity index (χ1v) is 14.9. The van der Waals surface area contributed by atoms with Crippen LogP contribution < -0.4 is 32.3 Å². The fourth-order valence-electron chi connectivity index (χ4n) is 3.88. The number of carbonyl (C=O) groups is 8. The number of nitrogens with two attached hydrogens (primary N) is 1. The molecule has 0 spiro atoms. The highest BCUT2D eigenvalue weighted by Gasteiger charge is 2.30. The van der Waals surface area contributed by atoms with E-state index in [2.05, 4.69) is 33.9 Å². The summed E-state index contributed by atoms with van der Waals surface area (Å²) in [4.78, 5) is 96.6. The molecule has 0 saturated heterocycles. The summed E-state index contributed by atoms with van der Waals surface area (Å²) in [7, 11) is 0. The quantitative estimate of drug-likeness (QED) is 0.0623. The summed E-state index contributed by atoms with van der Waals surface area (Å²) < 4.78 is 0. The highest BCUT2D eigenvalue weighted by Crippen LogP contribution is 2.07. The number of nitrogens with one attached hydrogen (secondary N) is 5. The molecule has 254 valence electrons. The van der Waals surface area contributed by atoms with Gasteiger partial charge in [0, 0.05) is 31.6 Å².